The van der Waals surface area contributed by atoms with Crippen molar-refractivity contribution in [3.63, 3.8) is 0 Å². The minimum atomic E-state index is -0.643. The first-order valence-electron chi connectivity index (χ1n) is 14.3. The Hall–Kier alpha value is -1.63. The van der Waals surface area contributed by atoms with Crippen molar-refractivity contribution >= 4 is 17.9 Å². The van der Waals surface area contributed by atoms with Gasteiger partial charge in [-0.2, -0.15) is 0 Å². The number of aliphatic carboxylic acids is 3. The van der Waals surface area contributed by atoms with E-state index in [-0.39, 0.29) is 23.9 Å². The standard InChI is InChI=1S/3C8H16O2.C5H12O/c3*1-3-5-6-7(4-2)8(9)10;1-3-4-5(2)6/h3*7H,3-6H2,1-2H3,(H,9,10);5-6H,3-4H2,1-2H3. The highest BCUT2D eigenvalue weighted by Gasteiger charge is 2.14. The number of aliphatic hydroxyl groups is 1. The normalized spacial score (nSPS) is 13.2. The zero-order chi connectivity index (χ0) is 28.9. The molecule has 0 aromatic heterocycles. The number of aliphatic hydroxyl groups excluding tert-OH is 1. The molecule has 36 heavy (non-hydrogen) atoms. The van der Waals surface area contributed by atoms with Crippen LogP contribution < -0.4 is 0 Å². The Balaban J connectivity index is -0.000000193. The fourth-order valence-electron chi connectivity index (χ4n) is 3.28. The minimum absolute atomic E-state index is 0.102. The van der Waals surface area contributed by atoms with Crippen LogP contribution in [0.1, 0.15) is 145 Å². The van der Waals surface area contributed by atoms with Crippen LogP contribution >= 0.6 is 0 Å². The van der Waals surface area contributed by atoms with E-state index in [0.717, 1.165) is 89.9 Å². The predicted molar refractivity (Wildman–Crippen MR) is 149 cm³/mol. The lowest BCUT2D eigenvalue weighted by molar-refractivity contribution is -0.143. The Morgan fingerprint density at radius 1 is 0.500 bits per heavy atom. The van der Waals surface area contributed by atoms with Crippen LogP contribution in [0.15, 0.2) is 0 Å². The van der Waals surface area contributed by atoms with Crippen LogP contribution in [0, 0.1) is 17.8 Å². The highest BCUT2D eigenvalue weighted by atomic mass is 16.4. The fraction of sp³-hybridized carbons (Fsp3) is 0.897. The van der Waals surface area contributed by atoms with Gasteiger partial charge in [0.05, 0.1) is 23.9 Å². The van der Waals surface area contributed by atoms with Crippen LogP contribution in [-0.4, -0.2) is 44.4 Å². The van der Waals surface area contributed by atoms with E-state index in [1.54, 1.807) is 0 Å². The van der Waals surface area contributed by atoms with Crippen molar-refractivity contribution in [3.8, 4) is 0 Å². The molecule has 0 aliphatic heterocycles. The summed E-state index contributed by atoms with van der Waals surface area (Å²) in [6, 6.07) is 0. The minimum Gasteiger partial charge on any atom is -0.481 e. The molecule has 0 amide bonds. The highest BCUT2D eigenvalue weighted by Crippen LogP contribution is 2.13. The van der Waals surface area contributed by atoms with Crippen LogP contribution in [0.5, 0.6) is 0 Å². The molecule has 0 aliphatic rings. The van der Waals surface area contributed by atoms with Gasteiger partial charge in [-0.1, -0.05) is 93.4 Å². The second-order valence-corrected chi connectivity index (χ2v) is 9.39. The van der Waals surface area contributed by atoms with Crippen molar-refractivity contribution < 1.29 is 34.8 Å². The van der Waals surface area contributed by atoms with E-state index in [1.165, 1.54) is 0 Å². The Bertz CT molecular complexity index is 430. The van der Waals surface area contributed by atoms with E-state index >= 15 is 0 Å². The van der Waals surface area contributed by atoms with Crippen LogP contribution in [0.4, 0.5) is 0 Å². The Morgan fingerprint density at radius 3 is 0.833 bits per heavy atom. The molecule has 0 saturated heterocycles. The van der Waals surface area contributed by atoms with Crippen molar-refractivity contribution in [2.75, 3.05) is 0 Å². The number of unbranched alkanes of at least 4 members (excludes halogenated alkanes) is 3. The number of carboxylic acid groups (broad SMARTS) is 3. The molecule has 0 radical (unpaired) electrons. The first-order chi connectivity index (χ1) is 16.9. The van der Waals surface area contributed by atoms with Crippen molar-refractivity contribution in [2.24, 2.45) is 17.8 Å². The summed E-state index contributed by atoms with van der Waals surface area (Å²) < 4.78 is 0. The molecule has 0 bridgehead atoms. The summed E-state index contributed by atoms with van der Waals surface area (Å²) in [5, 5.41) is 34.4. The van der Waals surface area contributed by atoms with Gasteiger partial charge >= 0.3 is 17.9 Å². The third kappa shape index (κ3) is 32.4. The predicted octanol–water partition coefficient (Wildman–Crippen LogP) is 8.03. The maximum Gasteiger partial charge on any atom is 0.306 e. The first-order valence-corrected chi connectivity index (χ1v) is 14.3. The molecule has 0 fully saturated rings. The van der Waals surface area contributed by atoms with Gasteiger partial charge in [0, 0.05) is 0 Å². The number of hydrogen-bond donors (Lipinski definition) is 4. The van der Waals surface area contributed by atoms with E-state index in [1.807, 2.05) is 27.7 Å². The first kappa shape index (κ1) is 41.5. The number of rotatable bonds is 17. The van der Waals surface area contributed by atoms with Crippen LogP contribution in [0.25, 0.3) is 0 Å². The van der Waals surface area contributed by atoms with E-state index < -0.39 is 17.9 Å². The summed E-state index contributed by atoms with van der Waals surface area (Å²) in [7, 11) is 0. The molecule has 218 valence electrons. The highest BCUT2D eigenvalue weighted by molar-refractivity contribution is 5.70. The third-order valence-electron chi connectivity index (χ3n) is 5.95. The molecule has 0 heterocycles. The average Bonchev–Trinajstić information content (AvgIpc) is 2.81. The molecular weight excluding hydrogens is 460 g/mol. The van der Waals surface area contributed by atoms with Crippen LogP contribution in [-0.2, 0) is 14.4 Å². The van der Waals surface area contributed by atoms with Gasteiger partial charge in [-0.15, -0.1) is 0 Å². The number of carbonyl (C=O) groups is 3. The Morgan fingerprint density at radius 2 is 0.750 bits per heavy atom. The summed E-state index contributed by atoms with van der Waals surface area (Å²) in [5.41, 5.74) is 0. The van der Waals surface area contributed by atoms with E-state index in [0.29, 0.717) is 0 Å². The lowest BCUT2D eigenvalue weighted by atomic mass is 10.00. The monoisotopic (exact) mass is 520 g/mol. The number of carboxylic acids is 3. The molecule has 0 aliphatic carbocycles. The van der Waals surface area contributed by atoms with Crippen molar-refractivity contribution in [3.05, 3.63) is 0 Å². The van der Waals surface area contributed by atoms with Gasteiger partial charge in [-0.05, 0) is 51.9 Å². The summed E-state index contributed by atoms with van der Waals surface area (Å²) in [6.07, 6.45) is 13.1. The van der Waals surface area contributed by atoms with Gasteiger partial charge in [-0.25, -0.2) is 0 Å². The quantitative estimate of drug-likeness (QED) is 0.152. The van der Waals surface area contributed by atoms with Crippen molar-refractivity contribution in [1.29, 1.82) is 0 Å². The Kier molecular flexibility index (Phi) is 36.2. The van der Waals surface area contributed by atoms with Gasteiger partial charge in [0.2, 0.25) is 0 Å². The molecule has 0 saturated carbocycles. The Labute approximate surface area is 222 Å². The molecule has 0 aromatic rings. The topological polar surface area (TPSA) is 132 Å². The molecule has 4 N–H and O–H groups in total. The van der Waals surface area contributed by atoms with Crippen LogP contribution in [0.3, 0.4) is 0 Å². The summed E-state index contributed by atoms with van der Waals surface area (Å²) >= 11 is 0. The smallest absolute Gasteiger partial charge is 0.306 e. The molecule has 0 rings (SSSR count). The molecule has 0 spiro atoms. The van der Waals surface area contributed by atoms with E-state index in [9.17, 15) is 14.4 Å². The molecule has 0 aromatic carbocycles. The second kappa shape index (κ2) is 31.4. The number of hydrogen-bond acceptors (Lipinski definition) is 4. The zero-order valence-corrected chi connectivity index (χ0v) is 24.7. The largest absolute Gasteiger partial charge is 0.481 e. The summed E-state index contributed by atoms with van der Waals surface area (Å²) in [4.78, 5) is 31.3. The van der Waals surface area contributed by atoms with E-state index in [2.05, 4.69) is 27.7 Å². The maximum absolute atomic E-state index is 10.4. The van der Waals surface area contributed by atoms with Gasteiger partial charge in [-0.3, -0.25) is 14.4 Å². The molecule has 7 heteroatoms. The van der Waals surface area contributed by atoms with Crippen molar-refractivity contribution in [2.45, 2.75) is 151 Å². The van der Waals surface area contributed by atoms with E-state index in [4.69, 9.17) is 20.4 Å². The maximum atomic E-state index is 10.4. The molecule has 4 atom stereocenters. The molecular formula is C29H60O7. The van der Waals surface area contributed by atoms with Gasteiger partial charge in [0.15, 0.2) is 0 Å². The molecule has 4 unspecified atom stereocenters. The average molecular weight is 521 g/mol. The van der Waals surface area contributed by atoms with Crippen molar-refractivity contribution in [1.82, 2.24) is 0 Å². The van der Waals surface area contributed by atoms with Gasteiger partial charge in [0.25, 0.3) is 0 Å². The third-order valence-corrected chi connectivity index (χ3v) is 5.95. The van der Waals surface area contributed by atoms with Gasteiger partial charge < -0.3 is 20.4 Å². The lowest BCUT2D eigenvalue weighted by Crippen LogP contribution is -2.11. The van der Waals surface area contributed by atoms with Crippen LogP contribution in [0.2, 0.25) is 0 Å². The fourth-order valence-corrected chi connectivity index (χ4v) is 3.28. The molecule has 7 nitrogen and oxygen atoms in total. The second-order valence-electron chi connectivity index (χ2n) is 9.39. The summed E-state index contributed by atoms with van der Waals surface area (Å²) in [6.45, 7) is 15.9. The SMILES string of the molecule is CCCC(C)O.CCCCC(CC)C(=O)O.CCCCC(CC)C(=O)O.CCCCC(CC)C(=O)O. The summed E-state index contributed by atoms with van der Waals surface area (Å²) in [5.74, 6) is -2.26. The lowest BCUT2D eigenvalue weighted by Gasteiger charge is -2.06. The van der Waals surface area contributed by atoms with Gasteiger partial charge in [0.1, 0.15) is 0 Å². The zero-order valence-electron chi connectivity index (χ0n) is 24.7.